The highest BCUT2D eigenvalue weighted by atomic mass is 16.3. The van der Waals surface area contributed by atoms with Crippen LogP contribution in [0.5, 0.6) is 0 Å². The predicted octanol–water partition coefficient (Wildman–Crippen LogP) is 5.42. The van der Waals surface area contributed by atoms with Gasteiger partial charge in [-0.15, -0.1) is 0 Å². The maximum absolute atomic E-state index is 13.8. The molecule has 6 nitrogen and oxygen atoms in total. The van der Waals surface area contributed by atoms with Gasteiger partial charge in [-0.1, -0.05) is 37.3 Å². The summed E-state index contributed by atoms with van der Waals surface area (Å²) in [5, 5.41) is 3.04. The summed E-state index contributed by atoms with van der Waals surface area (Å²) in [6, 6.07) is 19.6. The van der Waals surface area contributed by atoms with Crippen molar-refractivity contribution in [3.05, 3.63) is 83.8 Å². The average Bonchev–Trinajstić information content (AvgIpc) is 3.57. The van der Waals surface area contributed by atoms with Crippen molar-refractivity contribution in [2.75, 3.05) is 24.3 Å². The van der Waals surface area contributed by atoms with E-state index in [-0.39, 0.29) is 23.7 Å². The minimum Gasteiger partial charge on any atom is -0.467 e. The van der Waals surface area contributed by atoms with Crippen LogP contribution < -0.4 is 10.2 Å². The van der Waals surface area contributed by atoms with E-state index in [2.05, 4.69) is 5.32 Å². The van der Waals surface area contributed by atoms with Crippen molar-refractivity contribution >= 4 is 23.2 Å². The molecule has 1 fully saturated rings. The molecule has 3 aromatic rings. The quantitative estimate of drug-likeness (QED) is 0.440. The summed E-state index contributed by atoms with van der Waals surface area (Å²) in [5.74, 6) is 0.757. The zero-order valence-electron chi connectivity index (χ0n) is 20.2. The highest BCUT2D eigenvalue weighted by molar-refractivity contribution is 5.94. The molecule has 1 aliphatic rings. The summed E-state index contributed by atoms with van der Waals surface area (Å²) in [6.07, 6.45) is 4.25. The van der Waals surface area contributed by atoms with E-state index in [1.165, 1.54) is 0 Å². The molecule has 1 aliphatic carbocycles. The van der Waals surface area contributed by atoms with Crippen LogP contribution in [0.15, 0.2) is 71.3 Å². The monoisotopic (exact) mass is 459 g/mol. The maximum atomic E-state index is 13.8. The molecule has 2 aromatic carbocycles. The number of furan rings is 1. The number of amides is 2. The third-order valence-electron chi connectivity index (χ3n) is 6.28. The summed E-state index contributed by atoms with van der Waals surface area (Å²) >= 11 is 0. The van der Waals surface area contributed by atoms with E-state index in [0.29, 0.717) is 19.5 Å². The molecule has 1 heterocycles. The van der Waals surface area contributed by atoms with Gasteiger partial charge in [0.2, 0.25) is 11.8 Å². The highest BCUT2D eigenvalue weighted by Gasteiger charge is 2.30. The number of rotatable bonds is 10. The summed E-state index contributed by atoms with van der Waals surface area (Å²) in [6.45, 7) is 2.82. The van der Waals surface area contributed by atoms with E-state index < -0.39 is 0 Å². The lowest BCUT2D eigenvalue weighted by Crippen LogP contribution is -2.34. The second-order valence-corrected chi connectivity index (χ2v) is 9.15. The highest BCUT2D eigenvalue weighted by Crippen LogP contribution is 2.32. The largest absolute Gasteiger partial charge is 0.467 e. The van der Waals surface area contributed by atoms with Gasteiger partial charge in [0.05, 0.1) is 18.7 Å². The third-order valence-corrected chi connectivity index (χ3v) is 6.28. The first-order valence-electron chi connectivity index (χ1n) is 11.9. The minimum atomic E-state index is -0.239. The van der Waals surface area contributed by atoms with E-state index in [9.17, 15) is 9.59 Å². The Hall–Kier alpha value is -3.54. The van der Waals surface area contributed by atoms with Crippen molar-refractivity contribution in [3.63, 3.8) is 0 Å². The van der Waals surface area contributed by atoms with Crippen molar-refractivity contribution in [3.8, 4) is 0 Å². The molecule has 1 N–H and O–H groups in total. The minimum absolute atomic E-state index is 0.0576. The third kappa shape index (κ3) is 5.68. The molecule has 2 amide bonds. The van der Waals surface area contributed by atoms with Gasteiger partial charge in [-0.25, -0.2) is 0 Å². The zero-order valence-corrected chi connectivity index (χ0v) is 20.2. The van der Waals surface area contributed by atoms with Gasteiger partial charge < -0.3 is 19.5 Å². The Morgan fingerprint density at radius 2 is 1.79 bits per heavy atom. The summed E-state index contributed by atoms with van der Waals surface area (Å²) in [5.41, 5.74) is 3.76. The fourth-order valence-corrected chi connectivity index (χ4v) is 4.28. The first kappa shape index (κ1) is 23.6. The topological polar surface area (TPSA) is 65.8 Å². The van der Waals surface area contributed by atoms with E-state index in [4.69, 9.17) is 4.42 Å². The predicted molar refractivity (Wildman–Crippen MR) is 135 cm³/mol. The van der Waals surface area contributed by atoms with Gasteiger partial charge in [0.1, 0.15) is 5.76 Å². The average molecular weight is 460 g/mol. The molecule has 0 saturated heterocycles. The molecule has 34 heavy (non-hydrogen) atoms. The standard InChI is InChI=1S/C28H33N3O3/c1-4-25(20-9-6-5-7-10-20)28(33)31(19-24-11-8-16-34-24)18-22-17-23(14-15-26(22)30(2)3)29-27(32)21-12-13-21/h5-11,14-17,21,25H,4,12-13,18-19H2,1-3H3,(H,29,32)/t25-/m0/s1. The van der Waals surface area contributed by atoms with Crippen molar-refractivity contribution in [1.82, 2.24) is 4.90 Å². The first-order valence-corrected chi connectivity index (χ1v) is 11.9. The molecular weight excluding hydrogens is 426 g/mol. The number of hydrogen-bond donors (Lipinski definition) is 1. The molecule has 1 aromatic heterocycles. The van der Waals surface area contributed by atoms with E-state index >= 15 is 0 Å². The maximum Gasteiger partial charge on any atom is 0.230 e. The normalized spacial score (nSPS) is 13.9. The van der Waals surface area contributed by atoms with Crippen LogP contribution in [0.25, 0.3) is 0 Å². The van der Waals surface area contributed by atoms with Gasteiger partial charge in [0.25, 0.3) is 0 Å². The molecule has 0 bridgehead atoms. The lowest BCUT2D eigenvalue weighted by atomic mass is 9.94. The van der Waals surface area contributed by atoms with Crippen molar-refractivity contribution in [2.24, 2.45) is 5.92 Å². The van der Waals surface area contributed by atoms with Crippen LogP contribution in [-0.4, -0.2) is 30.8 Å². The van der Waals surface area contributed by atoms with Crippen LogP contribution in [0.1, 0.15) is 49.0 Å². The molecule has 1 atom stereocenters. The van der Waals surface area contributed by atoms with Crippen LogP contribution in [0, 0.1) is 5.92 Å². The van der Waals surface area contributed by atoms with Gasteiger partial charge >= 0.3 is 0 Å². The Morgan fingerprint density at radius 1 is 1.03 bits per heavy atom. The zero-order chi connectivity index (χ0) is 24.1. The molecule has 0 aliphatic heterocycles. The van der Waals surface area contributed by atoms with Gasteiger partial charge in [-0.2, -0.15) is 0 Å². The lowest BCUT2D eigenvalue weighted by molar-refractivity contribution is -0.134. The number of hydrogen-bond acceptors (Lipinski definition) is 4. The molecule has 6 heteroatoms. The van der Waals surface area contributed by atoms with E-state index in [0.717, 1.165) is 41.1 Å². The van der Waals surface area contributed by atoms with Crippen molar-refractivity contribution < 1.29 is 14.0 Å². The Kier molecular flexibility index (Phi) is 7.36. The van der Waals surface area contributed by atoms with Gasteiger partial charge in [0.15, 0.2) is 0 Å². The molecule has 178 valence electrons. The second-order valence-electron chi connectivity index (χ2n) is 9.15. The summed E-state index contributed by atoms with van der Waals surface area (Å²) in [7, 11) is 3.97. The SMILES string of the molecule is CC[C@H](C(=O)N(Cc1ccco1)Cc1cc(NC(=O)C2CC2)ccc1N(C)C)c1ccccc1. The molecule has 0 spiro atoms. The van der Waals surface area contributed by atoms with Gasteiger partial charge in [-0.05, 0) is 60.7 Å². The Labute approximate surface area is 201 Å². The van der Waals surface area contributed by atoms with E-state index in [1.807, 2.05) is 91.5 Å². The smallest absolute Gasteiger partial charge is 0.230 e. The lowest BCUT2D eigenvalue weighted by Gasteiger charge is -2.29. The molecule has 0 unspecified atom stereocenters. The van der Waals surface area contributed by atoms with E-state index in [1.54, 1.807) is 6.26 Å². The first-order chi connectivity index (χ1) is 16.5. The summed E-state index contributed by atoms with van der Waals surface area (Å²) < 4.78 is 5.60. The fourth-order valence-electron chi connectivity index (χ4n) is 4.28. The number of nitrogens with one attached hydrogen (secondary N) is 1. The van der Waals surface area contributed by atoms with Crippen LogP contribution >= 0.6 is 0 Å². The second kappa shape index (κ2) is 10.6. The summed E-state index contributed by atoms with van der Waals surface area (Å²) in [4.78, 5) is 30.1. The number of carbonyl (C=O) groups excluding carboxylic acids is 2. The van der Waals surface area contributed by atoms with Crippen LogP contribution in [-0.2, 0) is 22.7 Å². The van der Waals surface area contributed by atoms with Gasteiger partial charge in [0, 0.05) is 37.9 Å². The van der Waals surface area contributed by atoms with Crippen LogP contribution in [0.2, 0.25) is 0 Å². The van der Waals surface area contributed by atoms with Crippen LogP contribution in [0.3, 0.4) is 0 Å². The Morgan fingerprint density at radius 3 is 2.41 bits per heavy atom. The molecular formula is C28H33N3O3. The number of nitrogens with zero attached hydrogens (tertiary/aromatic N) is 2. The number of benzene rings is 2. The molecule has 1 saturated carbocycles. The molecule has 4 rings (SSSR count). The van der Waals surface area contributed by atoms with Gasteiger partial charge in [-0.3, -0.25) is 9.59 Å². The Balaban J connectivity index is 1.64. The number of carbonyl (C=O) groups is 2. The number of anilines is 2. The van der Waals surface area contributed by atoms with Crippen molar-refractivity contribution in [2.45, 2.75) is 45.2 Å². The fraction of sp³-hybridized carbons (Fsp3) is 0.357. The van der Waals surface area contributed by atoms with Crippen molar-refractivity contribution in [1.29, 1.82) is 0 Å². The Bertz CT molecular complexity index is 1110. The van der Waals surface area contributed by atoms with Crippen LogP contribution in [0.4, 0.5) is 11.4 Å². The molecule has 0 radical (unpaired) electrons.